The molecule has 0 bridgehead atoms. The summed E-state index contributed by atoms with van der Waals surface area (Å²) in [7, 11) is 0. The van der Waals surface area contributed by atoms with Gasteiger partial charge in [-0.15, -0.1) is 0 Å². The Balaban J connectivity index is 1.62. The molecular weight excluding hydrogens is 236 g/mol. The molecule has 3 nitrogen and oxygen atoms in total. The van der Waals surface area contributed by atoms with Crippen LogP contribution in [0.2, 0.25) is 0 Å². The van der Waals surface area contributed by atoms with Crippen molar-refractivity contribution in [1.29, 1.82) is 0 Å². The van der Waals surface area contributed by atoms with Gasteiger partial charge in [0.05, 0.1) is 0 Å². The molecule has 1 saturated heterocycles. The predicted molar refractivity (Wildman–Crippen MR) is 76.9 cm³/mol. The molecule has 1 aliphatic heterocycles. The van der Waals surface area contributed by atoms with E-state index in [1.807, 2.05) is 0 Å². The van der Waals surface area contributed by atoms with Gasteiger partial charge in [-0.05, 0) is 57.5 Å². The number of carbonyl (C=O) groups is 1. The van der Waals surface area contributed by atoms with Gasteiger partial charge in [-0.25, -0.2) is 0 Å². The van der Waals surface area contributed by atoms with Crippen molar-refractivity contribution in [2.45, 2.75) is 64.3 Å². The van der Waals surface area contributed by atoms with E-state index in [9.17, 15) is 4.79 Å². The fourth-order valence-electron chi connectivity index (χ4n) is 4.36. The van der Waals surface area contributed by atoms with Crippen LogP contribution in [0.25, 0.3) is 0 Å². The number of amides is 1. The van der Waals surface area contributed by atoms with Crippen LogP contribution < -0.4 is 5.32 Å². The first-order valence-corrected chi connectivity index (χ1v) is 8.28. The molecular formula is C16H28N2O. The molecule has 3 fully saturated rings. The van der Waals surface area contributed by atoms with Crippen LogP contribution >= 0.6 is 0 Å². The highest BCUT2D eigenvalue weighted by atomic mass is 16.2. The maximum atomic E-state index is 12.8. The monoisotopic (exact) mass is 264 g/mol. The van der Waals surface area contributed by atoms with Gasteiger partial charge in [0.15, 0.2) is 0 Å². The van der Waals surface area contributed by atoms with Crippen LogP contribution in [-0.2, 0) is 4.79 Å². The first kappa shape index (κ1) is 13.4. The third-order valence-corrected chi connectivity index (χ3v) is 5.73. The second-order valence-electron chi connectivity index (χ2n) is 6.79. The van der Waals surface area contributed by atoms with Crippen LogP contribution in [0.5, 0.6) is 0 Å². The maximum Gasteiger partial charge on any atom is 0.226 e. The summed E-state index contributed by atoms with van der Waals surface area (Å²) in [4.78, 5) is 15.0. The fourth-order valence-corrected chi connectivity index (χ4v) is 4.36. The zero-order chi connectivity index (χ0) is 13.3. The molecule has 2 aliphatic carbocycles. The second-order valence-corrected chi connectivity index (χ2v) is 6.79. The lowest BCUT2D eigenvalue weighted by Crippen LogP contribution is -2.43. The zero-order valence-corrected chi connectivity index (χ0v) is 12.3. The summed E-state index contributed by atoms with van der Waals surface area (Å²) in [5.41, 5.74) is 0.393. The second kappa shape index (κ2) is 5.43. The molecule has 1 atom stereocenters. The van der Waals surface area contributed by atoms with Crippen LogP contribution in [0.4, 0.5) is 0 Å². The maximum absolute atomic E-state index is 12.8. The van der Waals surface area contributed by atoms with Crippen molar-refractivity contribution in [3.63, 3.8) is 0 Å². The van der Waals surface area contributed by atoms with Gasteiger partial charge in [0, 0.05) is 18.5 Å². The van der Waals surface area contributed by atoms with E-state index in [4.69, 9.17) is 0 Å². The normalized spacial score (nSPS) is 30.3. The van der Waals surface area contributed by atoms with E-state index >= 15 is 0 Å². The molecule has 0 aromatic heterocycles. The molecule has 3 rings (SSSR count). The number of carbonyl (C=O) groups excluding carboxylic acids is 1. The first-order valence-electron chi connectivity index (χ1n) is 8.28. The molecule has 1 amide bonds. The lowest BCUT2D eigenvalue weighted by molar-refractivity contribution is -0.136. The summed E-state index contributed by atoms with van der Waals surface area (Å²) in [5, 5.41) is 3.42. The van der Waals surface area contributed by atoms with Crippen LogP contribution in [-0.4, -0.2) is 36.5 Å². The van der Waals surface area contributed by atoms with E-state index < -0.39 is 0 Å². The summed E-state index contributed by atoms with van der Waals surface area (Å²) < 4.78 is 0. The van der Waals surface area contributed by atoms with Crippen molar-refractivity contribution in [1.82, 2.24) is 10.2 Å². The quantitative estimate of drug-likeness (QED) is 0.849. The molecule has 0 aromatic carbocycles. The van der Waals surface area contributed by atoms with Gasteiger partial charge in [-0.3, -0.25) is 4.79 Å². The fraction of sp³-hybridized carbons (Fsp3) is 0.938. The zero-order valence-electron chi connectivity index (χ0n) is 12.3. The summed E-state index contributed by atoms with van der Waals surface area (Å²) in [5.74, 6) is 0.841. The van der Waals surface area contributed by atoms with Gasteiger partial charge in [-0.2, -0.15) is 0 Å². The molecule has 1 heterocycles. The van der Waals surface area contributed by atoms with Gasteiger partial charge in [0.25, 0.3) is 0 Å². The Kier molecular flexibility index (Phi) is 3.84. The Labute approximate surface area is 117 Å². The van der Waals surface area contributed by atoms with E-state index in [0.717, 1.165) is 26.1 Å². The van der Waals surface area contributed by atoms with Crippen molar-refractivity contribution >= 4 is 5.91 Å². The van der Waals surface area contributed by atoms with Crippen molar-refractivity contribution in [3.8, 4) is 0 Å². The molecule has 1 spiro atoms. The van der Waals surface area contributed by atoms with Gasteiger partial charge in [0.2, 0.25) is 5.91 Å². The van der Waals surface area contributed by atoms with Crippen molar-refractivity contribution in [2.24, 2.45) is 11.3 Å². The van der Waals surface area contributed by atoms with E-state index in [2.05, 4.69) is 17.1 Å². The highest BCUT2D eigenvalue weighted by molar-refractivity contribution is 5.83. The highest BCUT2D eigenvalue weighted by Gasteiger charge is 2.58. The molecule has 1 N–H and O–H groups in total. The Morgan fingerprint density at radius 3 is 2.53 bits per heavy atom. The summed E-state index contributed by atoms with van der Waals surface area (Å²) >= 11 is 0. The Morgan fingerprint density at radius 2 is 1.89 bits per heavy atom. The number of piperidine rings is 1. The standard InChI is InChI=1S/C16H28N2O/c1-2-18(13-6-4-3-5-7-13)15(19)14-12-16(14)8-10-17-11-9-16/h13-14,17H,2-12H2,1H3. The van der Waals surface area contributed by atoms with E-state index in [1.54, 1.807) is 0 Å². The smallest absolute Gasteiger partial charge is 0.226 e. The van der Waals surface area contributed by atoms with E-state index in [-0.39, 0.29) is 0 Å². The summed E-state index contributed by atoms with van der Waals surface area (Å²) in [6.45, 7) is 5.29. The van der Waals surface area contributed by atoms with Crippen LogP contribution in [0.3, 0.4) is 0 Å². The van der Waals surface area contributed by atoms with Crippen molar-refractivity contribution in [3.05, 3.63) is 0 Å². The minimum Gasteiger partial charge on any atom is -0.340 e. The SMILES string of the molecule is CCN(C(=O)C1CC12CCNCC2)C1CCCCC1. The topological polar surface area (TPSA) is 32.3 Å². The average molecular weight is 264 g/mol. The van der Waals surface area contributed by atoms with Gasteiger partial charge in [-0.1, -0.05) is 19.3 Å². The van der Waals surface area contributed by atoms with Gasteiger partial charge >= 0.3 is 0 Å². The predicted octanol–water partition coefficient (Wildman–Crippen LogP) is 2.56. The number of nitrogens with zero attached hydrogens (tertiary/aromatic N) is 1. The van der Waals surface area contributed by atoms with Crippen molar-refractivity contribution in [2.75, 3.05) is 19.6 Å². The minimum absolute atomic E-state index is 0.358. The molecule has 3 aliphatic rings. The van der Waals surface area contributed by atoms with E-state index in [1.165, 1.54) is 44.9 Å². The lowest BCUT2D eigenvalue weighted by atomic mass is 9.90. The number of hydrogen-bond donors (Lipinski definition) is 1. The third kappa shape index (κ3) is 2.54. The number of rotatable bonds is 3. The van der Waals surface area contributed by atoms with Gasteiger partial charge in [0.1, 0.15) is 0 Å². The number of nitrogens with one attached hydrogen (secondary N) is 1. The molecule has 3 heteroatoms. The van der Waals surface area contributed by atoms with Crippen molar-refractivity contribution < 1.29 is 4.79 Å². The summed E-state index contributed by atoms with van der Waals surface area (Å²) in [6, 6.07) is 0.547. The third-order valence-electron chi connectivity index (χ3n) is 5.73. The molecule has 19 heavy (non-hydrogen) atoms. The minimum atomic E-state index is 0.358. The summed E-state index contributed by atoms with van der Waals surface area (Å²) in [6.07, 6.45) is 10.1. The highest BCUT2D eigenvalue weighted by Crippen LogP contribution is 2.59. The van der Waals surface area contributed by atoms with Gasteiger partial charge < -0.3 is 10.2 Å². The van der Waals surface area contributed by atoms with Crippen LogP contribution in [0.1, 0.15) is 58.3 Å². The molecule has 0 aromatic rings. The largest absolute Gasteiger partial charge is 0.340 e. The average Bonchev–Trinajstić information content (AvgIpc) is 3.15. The number of hydrogen-bond acceptors (Lipinski definition) is 2. The van der Waals surface area contributed by atoms with E-state index in [0.29, 0.717) is 23.3 Å². The molecule has 2 saturated carbocycles. The Morgan fingerprint density at radius 1 is 1.21 bits per heavy atom. The van der Waals surface area contributed by atoms with Crippen LogP contribution in [0, 0.1) is 11.3 Å². The molecule has 1 unspecified atom stereocenters. The first-order chi connectivity index (χ1) is 9.27. The Hall–Kier alpha value is -0.570. The molecule has 0 radical (unpaired) electrons. The Bertz CT molecular complexity index is 330. The lowest BCUT2D eigenvalue weighted by Gasteiger charge is -2.35. The molecule has 108 valence electrons. The van der Waals surface area contributed by atoms with Crippen LogP contribution in [0.15, 0.2) is 0 Å².